The highest BCUT2D eigenvalue weighted by Crippen LogP contribution is 2.30. The van der Waals surface area contributed by atoms with Gasteiger partial charge in [-0.15, -0.1) is 0 Å². The van der Waals surface area contributed by atoms with Crippen molar-refractivity contribution in [3.8, 4) is 5.75 Å². The topological polar surface area (TPSA) is 35.5 Å². The van der Waals surface area contributed by atoms with Gasteiger partial charge >= 0.3 is 5.97 Å². The molecule has 0 saturated heterocycles. The Kier molecular flexibility index (Phi) is 5.23. The molecule has 22 heavy (non-hydrogen) atoms. The normalized spacial score (nSPS) is 11.6. The molecular weight excluding hydrogens is 300 g/mol. The summed E-state index contributed by atoms with van der Waals surface area (Å²) in [5.41, 5.74) is 1.99. The second kappa shape index (κ2) is 7.14. The van der Waals surface area contributed by atoms with Crippen LogP contribution in [0, 0.1) is 0 Å². The Balaban J connectivity index is 2.41. The summed E-state index contributed by atoms with van der Waals surface area (Å²) < 4.78 is 10.8. The highest BCUT2D eigenvalue weighted by atomic mass is 35.5. The van der Waals surface area contributed by atoms with Crippen LogP contribution in [0.4, 0.5) is 0 Å². The van der Waals surface area contributed by atoms with E-state index in [9.17, 15) is 4.79 Å². The van der Waals surface area contributed by atoms with Crippen LogP contribution in [0.15, 0.2) is 60.7 Å². The molecule has 0 N–H and O–H groups in total. The van der Waals surface area contributed by atoms with E-state index in [0.717, 1.165) is 11.1 Å². The van der Waals surface area contributed by atoms with Crippen LogP contribution in [-0.4, -0.2) is 13.1 Å². The molecule has 0 amide bonds. The molecule has 0 spiro atoms. The molecular formula is C18H17ClO3. The maximum atomic E-state index is 11.9. The zero-order chi connectivity index (χ0) is 16.1. The van der Waals surface area contributed by atoms with Crippen LogP contribution >= 0.6 is 11.6 Å². The predicted octanol–water partition coefficient (Wildman–Crippen LogP) is 4.56. The standard InChI is InChI=1S/C18H17ClO3/c1-12(2)18(20)22-17(13-7-9-15(19)10-8-13)14-5-4-6-16(11-14)21-3/h4-11,17H,1H2,2-3H3. The number of rotatable bonds is 5. The van der Waals surface area contributed by atoms with Crippen molar-refractivity contribution in [1.82, 2.24) is 0 Å². The second-order valence-corrected chi connectivity index (χ2v) is 5.33. The lowest BCUT2D eigenvalue weighted by atomic mass is 10.0. The average molecular weight is 317 g/mol. The van der Waals surface area contributed by atoms with Crippen LogP contribution in [0.2, 0.25) is 5.02 Å². The minimum Gasteiger partial charge on any atom is -0.497 e. The van der Waals surface area contributed by atoms with E-state index in [1.54, 1.807) is 26.2 Å². The van der Waals surface area contributed by atoms with E-state index in [-0.39, 0.29) is 0 Å². The van der Waals surface area contributed by atoms with Crippen LogP contribution in [0.5, 0.6) is 5.75 Å². The van der Waals surface area contributed by atoms with Gasteiger partial charge in [-0.25, -0.2) is 4.79 Å². The first-order valence-electron chi connectivity index (χ1n) is 6.77. The van der Waals surface area contributed by atoms with Gasteiger partial charge in [0.2, 0.25) is 0 Å². The van der Waals surface area contributed by atoms with E-state index < -0.39 is 12.1 Å². The maximum absolute atomic E-state index is 11.9. The third-order valence-electron chi connectivity index (χ3n) is 3.14. The molecule has 4 heteroatoms. The molecule has 2 aromatic carbocycles. The van der Waals surface area contributed by atoms with Crippen LogP contribution in [0.3, 0.4) is 0 Å². The first-order chi connectivity index (χ1) is 10.5. The Morgan fingerprint density at radius 1 is 1.14 bits per heavy atom. The molecule has 2 rings (SSSR count). The van der Waals surface area contributed by atoms with Crippen LogP contribution < -0.4 is 4.74 Å². The third-order valence-corrected chi connectivity index (χ3v) is 3.39. The number of benzene rings is 2. The monoisotopic (exact) mass is 316 g/mol. The zero-order valence-corrected chi connectivity index (χ0v) is 13.3. The second-order valence-electron chi connectivity index (χ2n) is 4.89. The fraction of sp³-hybridized carbons (Fsp3) is 0.167. The van der Waals surface area contributed by atoms with Crippen LogP contribution in [0.1, 0.15) is 24.2 Å². The number of halogens is 1. The van der Waals surface area contributed by atoms with Crippen molar-refractivity contribution in [2.75, 3.05) is 7.11 Å². The quantitative estimate of drug-likeness (QED) is 0.599. The maximum Gasteiger partial charge on any atom is 0.334 e. The molecule has 0 bridgehead atoms. The molecule has 0 aliphatic rings. The number of hydrogen-bond acceptors (Lipinski definition) is 3. The Bertz CT molecular complexity index is 677. The number of methoxy groups -OCH3 is 1. The summed E-state index contributed by atoms with van der Waals surface area (Å²) >= 11 is 5.92. The lowest BCUT2D eigenvalue weighted by molar-refractivity contribution is -0.142. The van der Waals surface area contributed by atoms with Crippen molar-refractivity contribution in [2.45, 2.75) is 13.0 Å². The number of esters is 1. The van der Waals surface area contributed by atoms with E-state index in [4.69, 9.17) is 21.1 Å². The molecule has 1 atom stereocenters. The molecule has 0 heterocycles. The number of hydrogen-bond donors (Lipinski definition) is 0. The van der Waals surface area contributed by atoms with Crippen molar-refractivity contribution >= 4 is 17.6 Å². The predicted molar refractivity (Wildman–Crippen MR) is 87.2 cm³/mol. The number of carbonyl (C=O) groups excluding carboxylic acids is 1. The minimum absolute atomic E-state index is 0.349. The Hall–Kier alpha value is -2.26. The van der Waals surface area contributed by atoms with E-state index in [1.807, 2.05) is 36.4 Å². The van der Waals surface area contributed by atoms with Crippen LogP contribution in [0.25, 0.3) is 0 Å². The van der Waals surface area contributed by atoms with Gasteiger partial charge in [0.25, 0.3) is 0 Å². The van der Waals surface area contributed by atoms with Crippen molar-refractivity contribution in [3.63, 3.8) is 0 Å². The van der Waals surface area contributed by atoms with Gasteiger partial charge in [-0.2, -0.15) is 0 Å². The van der Waals surface area contributed by atoms with Gasteiger partial charge in [-0.1, -0.05) is 42.4 Å². The van der Waals surface area contributed by atoms with Gasteiger partial charge in [0, 0.05) is 16.2 Å². The molecule has 0 saturated carbocycles. The van der Waals surface area contributed by atoms with Gasteiger partial charge < -0.3 is 9.47 Å². The van der Waals surface area contributed by atoms with E-state index in [1.165, 1.54) is 0 Å². The highest BCUT2D eigenvalue weighted by Gasteiger charge is 2.20. The summed E-state index contributed by atoms with van der Waals surface area (Å²) in [7, 11) is 1.59. The molecule has 114 valence electrons. The summed E-state index contributed by atoms with van der Waals surface area (Å²) in [6.45, 7) is 5.24. The Labute approximate surface area is 135 Å². The van der Waals surface area contributed by atoms with Gasteiger partial charge in [-0.3, -0.25) is 0 Å². The number of ether oxygens (including phenoxy) is 2. The number of carbonyl (C=O) groups is 1. The SMILES string of the molecule is C=C(C)C(=O)OC(c1ccc(Cl)cc1)c1cccc(OC)c1. The molecule has 0 aliphatic heterocycles. The van der Waals surface area contributed by atoms with Gasteiger partial charge in [0.1, 0.15) is 5.75 Å². The van der Waals surface area contributed by atoms with Gasteiger partial charge in [0.05, 0.1) is 7.11 Å². The van der Waals surface area contributed by atoms with Crippen molar-refractivity contribution < 1.29 is 14.3 Å². The Morgan fingerprint density at radius 3 is 2.41 bits per heavy atom. The summed E-state index contributed by atoms with van der Waals surface area (Å²) in [5, 5.41) is 0.624. The first-order valence-corrected chi connectivity index (χ1v) is 7.15. The first kappa shape index (κ1) is 16.1. The molecule has 0 aromatic heterocycles. The van der Waals surface area contributed by atoms with E-state index in [0.29, 0.717) is 16.3 Å². The van der Waals surface area contributed by atoms with Crippen molar-refractivity contribution in [3.05, 3.63) is 76.8 Å². The largest absolute Gasteiger partial charge is 0.497 e. The minimum atomic E-state index is -0.545. The zero-order valence-electron chi connectivity index (χ0n) is 12.5. The fourth-order valence-corrected chi connectivity index (χ4v) is 2.10. The van der Waals surface area contributed by atoms with Gasteiger partial charge in [0.15, 0.2) is 6.10 Å². The van der Waals surface area contributed by atoms with E-state index >= 15 is 0 Å². The summed E-state index contributed by atoms with van der Waals surface area (Å²) in [5.74, 6) is 0.255. The van der Waals surface area contributed by atoms with Gasteiger partial charge in [-0.05, 0) is 36.8 Å². The van der Waals surface area contributed by atoms with Crippen molar-refractivity contribution in [2.24, 2.45) is 0 Å². The Morgan fingerprint density at radius 2 is 1.82 bits per heavy atom. The molecule has 0 fully saturated rings. The average Bonchev–Trinajstić information content (AvgIpc) is 2.53. The molecule has 0 aliphatic carbocycles. The summed E-state index contributed by atoms with van der Waals surface area (Å²) in [6, 6.07) is 14.6. The van der Waals surface area contributed by atoms with Crippen LogP contribution in [-0.2, 0) is 9.53 Å². The fourth-order valence-electron chi connectivity index (χ4n) is 1.98. The summed E-state index contributed by atoms with van der Waals surface area (Å²) in [6.07, 6.45) is -0.545. The molecule has 1 unspecified atom stereocenters. The highest BCUT2D eigenvalue weighted by molar-refractivity contribution is 6.30. The van der Waals surface area contributed by atoms with Crippen molar-refractivity contribution in [1.29, 1.82) is 0 Å². The molecule has 3 nitrogen and oxygen atoms in total. The third kappa shape index (κ3) is 3.89. The smallest absolute Gasteiger partial charge is 0.334 e. The summed E-state index contributed by atoms with van der Waals surface area (Å²) in [4.78, 5) is 11.9. The lowest BCUT2D eigenvalue weighted by Crippen LogP contribution is -2.13. The molecule has 0 radical (unpaired) electrons. The lowest BCUT2D eigenvalue weighted by Gasteiger charge is -2.19. The molecule has 2 aromatic rings. The van der Waals surface area contributed by atoms with E-state index in [2.05, 4.69) is 6.58 Å².